The summed E-state index contributed by atoms with van der Waals surface area (Å²) in [7, 11) is 0. The number of Topliss-reactive ketones (excluding diaryl/α,β-unsaturated/α-hetero) is 1. The number of benzene rings is 2. The largest absolute Gasteiger partial charge is 0.321 e. The number of nitrogens with one attached hydrogen (secondary N) is 1. The number of rotatable bonds is 2. The molecule has 1 atom stereocenters. The number of nitrogens with zero attached hydrogens (tertiary/aromatic N) is 1. The molecule has 1 unspecified atom stereocenters. The van der Waals surface area contributed by atoms with Gasteiger partial charge in [-0.05, 0) is 56.1 Å². The minimum Gasteiger partial charge on any atom is -0.321 e. The summed E-state index contributed by atoms with van der Waals surface area (Å²) in [6, 6.07) is 15.0. The first-order valence-electron chi connectivity index (χ1n) is 9.47. The monoisotopic (exact) mass is 348 g/mol. The second-order valence-electron chi connectivity index (χ2n) is 7.28. The number of hydrogen-bond acceptors (Lipinski definition) is 3. The fraction of sp³-hybridized carbons (Fsp3) is 0.364. The minimum absolute atomic E-state index is 0.128. The number of ketones is 1. The topological polar surface area (TPSA) is 49.4 Å². The van der Waals surface area contributed by atoms with Crippen LogP contribution in [0.15, 0.2) is 48.5 Å². The van der Waals surface area contributed by atoms with E-state index in [1.54, 1.807) is 0 Å². The summed E-state index contributed by atoms with van der Waals surface area (Å²) in [6.45, 7) is 2.88. The third kappa shape index (κ3) is 3.42. The number of carbonyl (C=O) groups is 2. The molecule has 2 aromatic carbocycles. The van der Waals surface area contributed by atoms with Crippen LogP contribution in [0.2, 0.25) is 0 Å². The van der Waals surface area contributed by atoms with E-state index in [-0.39, 0.29) is 17.6 Å². The predicted octanol–water partition coefficient (Wildman–Crippen LogP) is 3.78. The van der Waals surface area contributed by atoms with E-state index in [1.807, 2.05) is 48.5 Å². The van der Waals surface area contributed by atoms with Gasteiger partial charge < -0.3 is 10.2 Å². The lowest BCUT2D eigenvalue weighted by Crippen LogP contribution is -2.37. The molecule has 4 rings (SSSR count). The van der Waals surface area contributed by atoms with E-state index in [0.29, 0.717) is 23.2 Å². The number of anilines is 1. The van der Waals surface area contributed by atoms with Crippen molar-refractivity contribution in [2.24, 2.45) is 5.92 Å². The summed E-state index contributed by atoms with van der Waals surface area (Å²) in [5, 5.41) is 2.94. The van der Waals surface area contributed by atoms with Crippen molar-refractivity contribution in [2.45, 2.75) is 25.7 Å². The SMILES string of the molecule is O=C1Nc2ccccc2C(=O)C(CN2CCCCC2)Cc2ccccc21. The lowest BCUT2D eigenvalue weighted by atomic mass is 9.88. The van der Waals surface area contributed by atoms with E-state index >= 15 is 0 Å². The molecule has 0 bridgehead atoms. The molecule has 4 heteroatoms. The number of para-hydroxylation sites is 1. The van der Waals surface area contributed by atoms with Crippen molar-refractivity contribution in [2.75, 3.05) is 25.0 Å². The van der Waals surface area contributed by atoms with Gasteiger partial charge in [-0.15, -0.1) is 0 Å². The van der Waals surface area contributed by atoms with Crippen molar-refractivity contribution in [1.82, 2.24) is 4.90 Å². The molecule has 0 aromatic heterocycles. The van der Waals surface area contributed by atoms with E-state index in [0.717, 1.165) is 25.2 Å². The van der Waals surface area contributed by atoms with E-state index in [9.17, 15) is 9.59 Å². The standard InChI is InChI=1S/C22H24N2O2/c25-21-17(15-24-12-6-1-7-13-24)14-16-8-2-3-9-18(16)22(26)23-20-11-5-4-10-19(20)21/h2-5,8-11,17H,1,6-7,12-15H2,(H,23,26). The first-order valence-corrected chi connectivity index (χ1v) is 9.47. The molecule has 134 valence electrons. The average molecular weight is 348 g/mol. The highest BCUT2D eigenvalue weighted by molar-refractivity contribution is 6.11. The van der Waals surface area contributed by atoms with Crippen molar-refractivity contribution < 1.29 is 9.59 Å². The molecule has 0 saturated carbocycles. The van der Waals surface area contributed by atoms with Crippen LogP contribution >= 0.6 is 0 Å². The molecule has 2 aliphatic heterocycles. The van der Waals surface area contributed by atoms with E-state index in [4.69, 9.17) is 0 Å². The zero-order valence-corrected chi connectivity index (χ0v) is 14.9. The van der Waals surface area contributed by atoms with Gasteiger partial charge in [-0.1, -0.05) is 36.8 Å². The Kier molecular flexibility index (Phi) is 4.85. The van der Waals surface area contributed by atoms with Crippen LogP contribution in [-0.4, -0.2) is 36.2 Å². The number of hydrogen-bond donors (Lipinski definition) is 1. The third-order valence-corrected chi connectivity index (χ3v) is 5.47. The van der Waals surface area contributed by atoms with Gasteiger partial charge in [0.25, 0.3) is 5.91 Å². The number of piperidine rings is 1. The van der Waals surface area contributed by atoms with Crippen LogP contribution in [0, 0.1) is 5.92 Å². The second kappa shape index (κ2) is 7.42. The van der Waals surface area contributed by atoms with Crippen LogP contribution in [0.1, 0.15) is 45.5 Å². The maximum Gasteiger partial charge on any atom is 0.255 e. The van der Waals surface area contributed by atoms with Gasteiger partial charge in [0, 0.05) is 23.6 Å². The molecule has 0 radical (unpaired) electrons. The Morgan fingerprint density at radius 2 is 1.58 bits per heavy atom. The van der Waals surface area contributed by atoms with Crippen molar-refractivity contribution in [3.63, 3.8) is 0 Å². The van der Waals surface area contributed by atoms with E-state index in [1.165, 1.54) is 19.3 Å². The predicted molar refractivity (Wildman–Crippen MR) is 103 cm³/mol. The van der Waals surface area contributed by atoms with Crippen LogP contribution in [-0.2, 0) is 6.42 Å². The summed E-state index contributed by atoms with van der Waals surface area (Å²) in [5.74, 6) is -0.147. The summed E-state index contributed by atoms with van der Waals surface area (Å²) in [6.07, 6.45) is 4.29. The lowest BCUT2D eigenvalue weighted by Gasteiger charge is -2.30. The highest BCUT2D eigenvalue weighted by Crippen LogP contribution is 2.27. The quantitative estimate of drug-likeness (QED) is 0.898. The number of amides is 1. The van der Waals surface area contributed by atoms with Gasteiger partial charge in [0.1, 0.15) is 0 Å². The van der Waals surface area contributed by atoms with Crippen molar-refractivity contribution >= 4 is 17.4 Å². The Labute approximate surface area is 154 Å². The van der Waals surface area contributed by atoms with Gasteiger partial charge >= 0.3 is 0 Å². The Morgan fingerprint density at radius 1 is 0.885 bits per heavy atom. The maximum atomic E-state index is 13.4. The number of carbonyl (C=O) groups excluding carboxylic acids is 2. The van der Waals surface area contributed by atoms with Crippen molar-refractivity contribution in [3.8, 4) is 0 Å². The van der Waals surface area contributed by atoms with Gasteiger partial charge in [0.05, 0.1) is 5.69 Å². The minimum atomic E-state index is -0.139. The molecular formula is C22H24N2O2. The Hall–Kier alpha value is -2.46. The molecule has 1 N–H and O–H groups in total. The molecule has 0 aliphatic carbocycles. The lowest BCUT2D eigenvalue weighted by molar-refractivity contribution is 0.0867. The highest BCUT2D eigenvalue weighted by atomic mass is 16.2. The van der Waals surface area contributed by atoms with Gasteiger partial charge in [-0.25, -0.2) is 0 Å². The molecular weight excluding hydrogens is 324 g/mol. The first-order chi connectivity index (χ1) is 12.7. The zero-order valence-electron chi connectivity index (χ0n) is 14.9. The second-order valence-corrected chi connectivity index (χ2v) is 7.28. The molecule has 1 saturated heterocycles. The summed E-state index contributed by atoms with van der Waals surface area (Å²) < 4.78 is 0. The number of likely N-dealkylation sites (tertiary alicyclic amines) is 1. The van der Waals surface area contributed by atoms with E-state index in [2.05, 4.69) is 10.2 Å². The van der Waals surface area contributed by atoms with Crippen molar-refractivity contribution in [3.05, 3.63) is 65.2 Å². The van der Waals surface area contributed by atoms with Crippen LogP contribution in [0.5, 0.6) is 0 Å². The maximum absolute atomic E-state index is 13.4. The van der Waals surface area contributed by atoms with E-state index < -0.39 is 0 Å². The molecule has 1 fully saturated rings. The fourth-order valence-corrected chi connectivity index (χ4v) is 4.10. The molecule has 0 spiro atoms. The zero-order chi connectivity index (χ0) is 17.9. The molecule has 26 heavy (non-hydrogen) atoms. The highest BCUT2D eigenvalue weighted by Gasteiger charge is 2.29. The number of fused-ring (bicyclic) bond motifs is 2. The van der Waals surface area contributed by atoms with Crippen LogP contribution < -0.4 is 5.32 Å². The first kappa shape index (κ1) is 17.0. The van der Waals surface area contributed by atoms with Gasteiger partial charge in [-0.2, -0.15) is 0 Å². The van der Waals surface area contributed by atoms with Crippen LogP contribution in [0.3, 0.4) is 0 Å². The summed E-state index contributed by atoms with van der Waals surface area (Å²) in [5.41, 5.74) is 2.85. The Balaban J connectivity index is 1.73. The van der Waals surface area contributed by atoms with Crippen LogP contribution in [0.25, 0.3) is 0 Å². The molecule has 4 nitrogen and oxygen atoms in total. The third-order valence-electron chi connectivity index (χ3n) is 5.47. The average Bonchev–Trinajstić information content (AvgIpc) is 2.72. The van der Waals surface area contributed by atoms with Gasteiger partial charge in [-0.3, -0.25) is 9.59 Å². The smallest absolute Gasteiger partial charge is 0.255 e. The summed E-state index contributed by atoms with van der Waals surface area (Å²) in [4.78, 5) is 28.5. The van der Waals surface area contributed by atoms with Gasteiger partial charge in [0.15, 0.2) is 5.78 Å². The van der Waals surface area contributed by atoms with Crippen molar-refractivity contribution in [1.29, 1.82) is 0 Å². The molecule has 2 heterocycles. The van der Waals surface area contributed by atoms with Crippen LogP contribution in [0.4, 0.5) is 5.69 Å². The Bertz CT molecular complexity index is 824. The van der Waals surface area contributed by atoms with Gasteiger partial charge in [0.2, 0.25) is 0 Å². The normalized spacial score (nSPS) is 21.0. The molecule has 2 aliphatic rings. The fourth-order valence-electron chi connectivity index (χ4n) is 4.10. The molecule has 2 aromatic rings. The summed E-state index contributed by atoms with van der Waals surface area (Å²) >= 11 is 0. The Morgan fingerprint density at radius 3 is 2.38 bits per heavy atom. The molecule has 1 amide bonds.